The van der Waals surface area contributed by atoms with Crippen molar-refractivity contribution in [1.82, 2.24) is 5.32 Å². The van der Waals surface area contributed by atoms with Crippen molar-refractivity contribution in [2.45, 2.75) is 76.5 Å². The molecular weight excluding hydrogens is 264 g/mol. The molecule has 0 aromatic rings. The van der Waals surface area contributed by atoms with Crippen molar-refractivity contribution in [2.24, 2.45) is 23.5 Å². The summed E-state index contributed by atoms with van der Waals surface area (Å²) in [6, 6.07) is 0.479. The summed E-state index contributed by atoms with van der Waals surface area (Å²) in [5.41, 5.74) is 5.17. The molecule has 1 amide bonds. The van der Waals surface area contributed by atoms with Gasteiger partial charge in [0.1, 0.15) is 5.54 Å². The van der Waals surface area contributed by atoms with Crippen LogP contribution in [0.1, 0.15) is 58.8 Å². The maximum absolute atomic E-state index is 12.1. The number of nitrogens with two attached hydrogens (primary N) is 1. The van der Waals surface area contributed by atoms with Crippen molar-refractivity contribution in [2.75, 3.05) is 6.61 Å². The fraction of sp³-hybridized carbons (Fsp3) is 0.941. The lowest BCUT2D eigenvalue weighted by atomic mass is 9.80. The van der Waals surface area contributed by atoms with Crippen LogP contribution in [-0.4, -0.2) is 30.2 Å². The van der Waals surface area contributed by atoms with Crippen LogP contribution < -0.4 is 11.1 Å². The molecule has 3 N–H and O–H groups in total. The minimum atomic E-state index is -0.604. The van der Waals surface area contributed by atoms with Crippen molar-refractivity contribution in [3.05, 3.63) is 0 Å². The van der Waals surface area contributed by atoms with Gasteiger partial charge in [0.2, 0.25) is 5.91 Å². The van der Waals surface area contributed by atoms with Gasteiger partial charge in [-0.2, -0.15) is 0 Å². The molecule has 4 nitrogen and oxygen atoms in total. The molecule has 0 aliphatic heterocycles. The number of carbonyl (C=O) groups excluding carboxylic acids is 1. The number of hydrogen-bond acceptors (Lipinski definition) is 3. The number of carbonyl (C=O) groups is 1. The Balaban J connectivity index is 1.60. The summed E-state index contributed by atoms with van der Waals surface area (Å²) in [5.74, 6) is 1.67. The lowest BCUT2D eigenvalue weighted by molar-refractivity contribution is -0.130. The van der Waals surface area contributed by atoms with E-state index in [1.807, 2.05) is 0 Å². The molecule has 4 heteroatoms. The second-order valence-corrected chi connectivity index (χ2v) is 7.73. The quantitative estimate of drug-likeness (QED) is 0.756. The Hall–Kier alpha value is -0.610. The van der Waals surface area contributed by atoms with Gasteiger partial charge in [-0.15, -0.1) is 0 Å². The van der Waals surface area contributed by atoms with Crippen molar-refractivity contribution < 1.29 is 9.53 Å². The molecule has 0 spiro atoms. The van der Waals surface area contributed by atoms with E-state index >= 15 is 0 Å². The molecule has 0 aromatic heterocycles. The molecule has 3 fully saturated rings. The van der Waals surface area contributed by atoms with Crippen molar-refractivity contribution in [3.8, 4) is 0 Å². The molecule has 3 rings (SSSR count). The zero-order valence-electron chi connectivity index (χ0n) is 13.4. The fourth-order valence-corrected chi connectivity index (χ4v) is 3.69. The maximum atomic E-state index is 12.1. The molecule has 3 saturated carbocycles. The van der Waals surface area contributed by atoms with Crippen LogP contribution in [0.4, 0.5) is 0 Å². The van der Waals surface area contributed by atoms with E-state index in [0.717, 1.165) is 31.6 Å². The topological polar surface area (TPSA) is 64.3 Å². The van der Waals surface area contributed by atoms with Crippen molar-refractivity contribution in [3.63, 3.8) is 0 Å². The van der Waals surface area contributed by atoms with Gasteiger partial charge in [-0.1, -0.05) is 13.8 Å². The number of amides is 1. The van der Waals surface area contributed by atoms with Gasteiger partial charge in [0.15, 0.2) is 0 Å². The largest absolute Gasteiger partial charge is 0.376 e. The van der Waals surface area contributed by atoms with Crippen molar-refractivity contribution >= 4 is 5.91 Å². The highest BCUT2D eigenvalue weighted by molar-refractivity contribution is 5.86. The van der Waals surface area contributed by atoms with Crippen LogP contribution in [-0.2, 0) is 9.53 Å². The third-order valence-electron chi connectivity index (χ3n) is 5.85. The van der Waals surface area contributed by atoms with E-state index in [-0.39, 0.29) is 5.91 Å². The highest BCUT2D eigenvalue weighted by Gasteiger charge is 2.52. The van der Waals surface area contributed by atoms with Gasteiger partial charge in [-0.05, 0) is 62.7 Å². The Labute approximate surface area is 128 Å². The van der Waals surface area contributed by atoms with E-state index < -0.39 is 5.54 Å². The SMILES string of the molecule is CC1CCC(OCC(NC2CC2)(C(N)=O)C2CC2)CC1C. The van der Waals surface area contributed by atoms with Crippen LogP contribution in [0.15, 0.2) is 0 Å². The number of hydrogen-bond donors (Lipinski definition) is 2. The van der Waals surface area contributed by atoms with Crippen LogP contribution in [0, 0.1) is 17.8 Å². The lowest BCUT2D eigenvalue weighted by Gasteiger charge is -2.37. The summed E-state index contributed by atoms with van der Waals surface area (Å²) in [4.78, 5) is 12.1. The first-order valence-corrected chi connectivity index (χ1v) is 8.70. The monoisotopic (exact) mass is 294 g/mol. The number of ether oxygens (including phenoxy) is 1. The molecular formula is C17H30N2O2. The maximum Gasteiger partial charge on any atom is 0.240 e. The summed E-state index contributed by atoms with van der Waals surface area (Å²) < 4.78 is 6.20. The third-order valence-corrected chi connectivity index (χ3v) is 5.85. The van der Waals surface area contributed by atoms with E-state index in [2.05, 4.69) is 19.2 Å². The molecule has 21 heavy (non-hydrogen) atoms. The Morgan fingerprint density at radius 1 is 1.14 bits per heavy atom. The van der Waals surface area contributed by atoms with Gasteiger partial charge in [0.25, 0.3) is 0 Å². The average Bonchev–Trinajstić information content (AvgIpc) is 3.31. The lowest BCUT2D eigenvalue weighted by Crippen LogP contribution is -2.61. The van der Waals surface area contributed by atoms with Gasteiger partial charge in [0, 0.05) is 6.04 Å². The standard InChI is InChI=1S/C17H30N2O2/c1-11-3-8-15(9-12(11)2)21-10-17(16(18)20,13-4-5-13)19-14-6-7-14/h11-15,19H,3-10H2,1-2H3,(H2,18,20). The first kappa shape index (κ1) is 15.3. The normalized spacial score (nSPS) is 36.2. The molecule has 4 atom stereocenters. The molecule has 120 valence electrons. The molecule has 3 aliphatic carbocycles. The van der Waals surface area contributed by atoms with Crippen molar-refractivity contribution in [1.29, 1.82) is 0 Å². The second kappa shape index (κ2) is 5.88. The Morgan fingerprint density at radius 2 is 1.86 bits per heavy atom. The van der Waals surface area contributed by atoms with E-state index in [1.54, 1.807) is 0 Å². The predicted molar refractivity (Wildman–Crippen MR) is 82.7 cm³/mol. The Kier molecular flexibility index (Phi) is 4.28. The van der Waals surface area contributed by atoms with Crippen LogP contribution >= 0.6 is 0 Å². The Morgan fingerprint density at radius 3 is 2.38 bits per heavy atom. The van der Waals surface area contributed by atoms with Gasteiger partial charge in [-0.3, -0.25) is 10.1 Å². The number of nitrogens with one attached hydrogen (secondary N) is 1. The zero-order valence-corrected chi connectivity index (χ0v) is 13.4. The van der Waals surface area contributed by atoms with E-state index in [1.165, 1.54) is 19.3 Å². The predicted octanol–water partition coefficient (Wildman–Crippen LogP) is 2.21. The number of rotatable bonds is 7. The summed E-state index contributed by atoms with van der Waals surface area (Å²) in [7, 11) is 0. The van der Waals surface area contributed by atoms with Gasteiger partial charge in [-0.25, -0.2) is 0 Å². The molecule has 0 saturated heterocycles. The summed E-state index contributed by atoms with van der Waals surface area (Å²) in [6.07, 6.45) is 8.30. The first-order valence-electron chi connectivity index (χ1n) is 8.70. The summed E-state index contributed by atoms with van der Waals surface area (Å²) >= 11 is 0. The average molecular weight is 294 g/mol. The minimum absolute atomic E-state index is 0.214. The summed E-state index contributed by atoms with van der Waals surface area (Å²) in [6.45, 7) is 5.10. The van der Waals surface area contributed by atoms with Crippen LogP contribution in [0.5, 0.6) is 0 Å². The van der Waals surface area contributed by atoms with E-state index in [0.29, 0.717) is 30.6 Å². The molecule has 4 unspecified atom stereocenters. The van der Waals surface area contributed by atoms with Crippen LogP contribution in [0.3, 0.4) is 0 Å². The second-order valence-electron chi connectivity index (χ2n) is 7.73. The minimum Gasteiger partial charge on any atom is -0.376 e. The van der Waals surface area contributed by atoms with E-state index in [9.17, 15) is 4.79 Å². The highest BCUT2D eigenvalue weighted by Crippen LogP contribution is 2.42. The molecule has 0 heterocycles. The third kappa shape index (κ3) is 3.42. The molecule has 3 aliphatic rings. The molecule has 0 radical (unpaired) electrons. The first-order chi connectivity index (χ1) is 10.0. The number of primary amides is 1. The summed E-state index contributed by atoms with van der Waals surface area (Å²) in [5, 5.41) is 3.53. The van der Waals surface area contributed by atoms with Gasteiger partial charge in [0.05, 0.1) is 12.7 Å². The van der Waals surface area contributed by atoms with Crippen LogP contribution in [0.25, 0.3) is 0 Å². The Bertz CT molecular complexity index is 392. The fourth-order valence-electron chi connectivity index (χ4n) is 3.69. The molecule has 0 aromatic carbocycles. The zero-order chi connectivity index (χ0) is 15.0. The highest BCUT2D eigenvalue weighted by atomic mass is 16.5. The smallest absolute Gasteiger partial charge is 0.240 e. The van der Waals surface area contributed by atoms with Crippen LogP contribution in [0.2, 0.25) is 0 Å². The van der Waals surface area contributed by atoms with Gasteiger partial charge < -0.3 is 10.5 Å². The van der Waals surface area contributed by atoms with Gasteiger partial charge >= 0.3 is 0 Å². The van der Waals surface area contributed by atoms with E-state index in [4.69, 9.17) is 10.5 Å². The molecule has 0 bridgehead atoms.